The monoisotopic (exact) mass is 390 g/mol. The number of carbonyl (C=O) groups excluding carboxylic acids is 1. The summed E-state index contributed by atoms with van der Waals surface area (Å²) in [7, 11) is 0. The van der Waals surface area contributed by atoms with E-state index in [1.165, 1.54) is 0 Å². The molecule has 1 N–H and O–H groups in total. The number of morpholine rings is 1. The highest BCUT2D eigenvalue weighted by Gasteiger charge is 2.38. The summed E-state index contributed by atoms with van der Waals surface area (Å²) >= 11 is 0. The molecule has 1 saturated heterocycles. The molecule has 0 unspecified atom stereocenters. The van der Waals surface area contributed by atoms with Crippen molar-refractivity contribution in [1.82, 2.24) is 24.8 Å². The molecule has 3 aromatic rings. The fraction of sp³-hybridized carbons (Fsp3) is 0.381. The highest BCUT2D eigenvalue weighted by molar-refractivity contribution is 5.95. The van der Waals surface area contributed by atoms with Crippen LogP contribution in [0.3, 0.4) is 0 Å². The van der Waals surface area contributed by atoms with Crippen molar-refractivity contribution >= 4 is 22.5 Å². The molecule has 29 heavy (non-hydrogen) atoms. The molecular formula is C21H22N6O2. The van der Waals surface area contributed by atoms with Crippen LogP contribution in [0.4, 0.5) is 5.82 Å². The van der Waals surface area contributed by atoms with Crippen LogP contribution in [0.25, 0.3) is 22.2 Å². The number of amides is 1. The van der Waals surface area contributed by atoms with Crippen LogP contribution in [0.15, 0.2) is 43.1 Å². The maximum Gasteiger partial charge on any atom is 0.228 e. The van der Waals surface area contributed by atoms with E-state index in [9.17, 15) is 4.79 Å². The summed E-state index contributed by atoms with van der Waals surface area (Å²) in [5, 5.41) is 4.84. The number of nitrogens with one attached hydrogen (secondary N) is 1. The summed E-state index contributed by atoms with van der Waals surface area (Å²) in [6.07, 6.45) is 10.3. The molecule has 4 heterocycles. The molecule has 0 bridgehead atoms. The summed E-state index contributed by atoms with van der Waals surface area (Å²) < 4.78 is 5.40. The molecule has 0 atom stereocenters. The van der Waals surface area contributed by atoms with E-state index in [1.54, 1.807) is 31.0 Å². The quantitative estimate of drug-likeness (QED) is 0.729. The van der Waals surface area contributed by atoms with E-state index in [1.807, 2.05) is 12.1 Å². The van der Waals surface area contributed by atoms with Gasteiger partial charge in [-0.1, -0.05) is 0 Å². The third-order valence-corrected chi connectivity index (χ3v) is 5.73. The second kappa shape index (κ2) is 7.81. The van der Waals surface area contributed by atoms with Crippen LogP contribution >= 0.6 is 0 Å². The molecule has 0 radical (unpaired) electrons. The molecule has 5 rings (SSSR count). The Bertz CT molecular complexity index is 1020. The Labute approximate surface area is 168 Å². The molecule has 2 fully saturated rings. The van der Waals surface area contributed by atoms with Crippen LogP contribution < -0.4 is 5.32 Å². The number of hydrogen-bond donors (Lipinski definition) is 1. The molecule has 8 nitrogen and oxygen atoms in total. The number of anilines is 1. The largest absolute Gasteiger partial charge is 0.379 e. The van der Waals surface area contributed by atoms with Gasteiger partial charge in [0.1, 0.15) is 11.5 Å². The van der Waals surface area contributed by atoms with E-state index in [0.717, 1.165) is 55.6 Å². The lowest BCUT2D eigenvalue weighted by molar-refractivity contribution is -0.125. The van der Waals surface area contributed by atoms with Gasteiger partial charge < -0.3 is 10.1 Å². The number of pyridine rings is 2. The van der Waals surface area contributed by atoms with Gasteiger partial charge in [-0.15, -0.1) is 0 Å². The topological polar surface area (TPSA) is 93.1 Å². The third kappa shape index (κ3) is 3.81. The van der Waals surface area contributed by atoms with E-state index in [4.69, 9.17) is 4.74 Å². The number of carbonyl (C=O) groups is 1. The maximum atomic E-state index is 12.6. The van der Waals surface area contributed by atoms with Crippen LogP contribution in [-0.4, -0.2) is 63.1 Å². The van der Waals surface area contributed by atoms with Crippen LogP contribution in [0, 0.1) is 5.92 Å². The van der Waals surface area contributed by atoms with Gasteiger partial charge in [0.15, 0.2) is 0 Å². The first-order valence-electron chi connectivity index (χ1n) is 9.91. The summed E-state index contributed by atoms with van der Waals surface area (Å²) in [6.45, 7) is 3.51. The van der Waals surface area contributed by atoms with Gasteiger partial charge >= 0.3 is 0 Å². The Morgan fingerprint density at radius 1 is 0.966 bits per heavy atom. The van der Waals surface area contributed by atoms with E-state index in [0.29, 0.717) is 17.6 Å². The number of rotatable bonds is 4. The number of nitrogens with zero attached hydrogens (tertiary/aromatic N) is 5. The molecule has 1 amide bonds. The van der Waals surface area contributed by atoms with Gasteiger partial charge in [0, 0.05) is 55.2 Å². The number of fused-ring (bicyclic) bond motifs is 1. The zero-order valence-electron chi connectivity index (χ0n) is 16.0. The van der Waals surface area contributed by atoms with Crippen LogP contribution in [0.5, 0.6) is 0 Å². The van der Waals surface area contributed by atoms with Crippen molar-refractivity contribution in [1.29, 1.82) is 0 Å². The highest BCUT2D eigenvalue weighted by atomic mass is 16.5. The number of hydrogen-bond acceptors (Lipinski definition) is 7. The molecule has 0 aromatic carbocycles. The lowest BCUT2D eigenvalue weighted by Crippen LogP contribution is -2.52. The Hall–Kier alpha value is -2.97. The summed E-state index contributed by atoms with van der Waals surface area (Å²) in [4.78, 5) is 32.2. The molecular weight excluding hydrogens is 368 g/mol. The summed E-state index contributed by atoms with van der Waals surface area (Å²) in [5.74, 6) is 0.658. The second-order valence-corrected chi connectivity index (χ2v) is 7.54. The molecule has 1 aliphatic heterocycles. The van der Waals surface area contributed by atoms with Gasteiger partial charge in [-0.25, -0.2) is 4.98 Å². The second-order valence-electron chi connectivity index (χ2n) is 7.54. The SMILES string of the molecule is O=C(Nc1cc2cc(-c3cnccn3)ncc2cn1)[C@H]1C[C@H](N2CCOCC2)C1. The fourth-order valence-corrected chi connectivity index (χ4v) is 3.95. The number of ether oxygens (including phenoxy) is 1. The fourth-order valence-electron chi connectivity index (χ4n) is 3.95. The van der Waals surface area contributed by atoms with Crippen molar-refractivity contribution in [2.75, 3.05) is 31.6 Å². The average molecular weight is 390 g/mol. The molecule has 1 aliphatic carbocycles. The average Bonchev–Trinajstić information content (AvgIpc) is 2.73. The minimum Gasteiger partial charge on any atom is -0.379 e. The van der Waals surface area contributed by atoms with Crippen molar-refractivity contribution in [3.05, 3.63) is 43.1 Å². The van der Waals surface area contributed by atoms with Crippen molar-refractivity contribution in [3.63, 3.8) is 0 Å². The smallest absolute Gasteiger partial charge is 0.228 e. The molecule has 0 spiro atoms. The Morgan fingerprint density at radius 2 is 1.79 bits per heavy atom. The van der Waals surface area contributed by atoms with E-state index < -0.39 is 0 Å². The van der Waals surface area contributed by atoms with Crippen molar-refractivity contribution in [2.45, 2.75) is 18.9 Å². The zero-order valence-corrected chi connectivity index (χ0v) is 16.0. The third-order valence-electron chi connectivity index (χ3n) is 5.73. The Morgan fingerprint density at radius 3 is 2.59 bits per heavy atom. The predicted octanol–water partition coefficient (Wildman–Crippen LogP) is 2.14. The molecule has 1 saturated carbocycles. The van der Waals surface area contributed by atoms with Crippen LogP contribution in [0.2, 0.25) is 0 Å². The van der Waals surface area contributed by atoms with Gasteiger partial charge in [-0.3, -0.25) is 24.6 Å². The van der Waals surface area contributed by atoms with E-state index in [-0.39, 0.29) is 11.8 Å². The highest BCUT2D eigenvalue weighted by Crippen LogP contribution is 2.33. The van der Waals surface area contributed by atoms with Gasteiger partial charge in [-0.2, -0.15) is 0 Å². The van der Waals surface area contributed by atoms with Gasteiger partial charge in [-0.05, 0) is 30.4 Å². The van der Waals surface area contributed by atoms with Crippen molar-refractivity contribution in [2.24, 2.45) is 5.92 Å². The first-order valence-corrected chi connectivity index (χ1v) is 9.91. The summed E-state index contributed by atoms with van der Waals surface area (Å²) in [5.41, 5.74) is 1.45. The standard InChI is InChI=1S/C21H22N6O2/c28-21(15-7-17(8-15)27-3-5-29-6-4-27)26-20-10-14-9-18(19-13-22-1-2-23-19)24-11-16(14)12-25-20/h1-2,9-13,15,17H,3-8H2,(H,25,26,28)/t15-,17-. The predicted molar refractivity (Wildman–Crippen MR) is 108 cm³/mol. The molecule has 2 aliphatic rings. The van der Waals surface area contributed by atoms with E-state index in [2.05, 4.69) is 30.2 Å². The Balaban J connectivity index is 1.26. The normalized spacial score (nSPS) is 22.2. The van der Waals surface area contributed by atoms with E-state index >= 15 is 0 Å². The van der Waals surface area contributed by atoms with Gasteiger partial charge in [0.25, 0.3) is 0 Å². The lowest BCUT2D eigenvalue weighted by atomic mass is 9.78. The van der Waals surface area contributed by atoms with Crippen LogP contribution in [-0.2, 0) is 9.53 Å². The van der Waals surface area contributed by atoms with Gasteiger partial charge in [0.2, 0.25) is 5.91 Å². The first-order chi connectivity index (χ1) is 14.3. The van der Waals surface area contributed by atoms with Crippen LogP contribution in [0.1, 0.15) is 12.8 Å². The first kappa shape index (κ1) is 18.1. The lowest BCUT2D eigenvalue weighted by Gasteiger charge is -2.43. The summed E-state index contributed by atoms with van der Waals surface area (Å²) in [6, 6.07) is 4.32. The Kier molecular flexibility index (Phi) is 4.87. The minimum atomic E-state index is 0.0459. The zero-order chi connectivity index (χ0) is 19.6. The van der Waals surface area contributed by atoms with Gasteiger partial charge in [0.05, 0.1) is 25.1 Å². The molecule has 3 aromatic heterocycles. The maximum absolute atomic E-state index is 12.6. The number of aromatic nitrogens is 4. The van der Waals surface area contributed by atoms with Crippen molar-refractivity contribution < 1.29 is 9.53 Å². The van der Waals surface area contributed by atoms with Crippen molar-refractivity contribution in [3.8, 4) is 11.4 Å². The molecule has 148 valence electrons. The molecule has 8 heteroatoms. The minimum absolute atomic E-state index is 0.0459.